The van der Waals surface area contributed by atoms with Crippen LogP contribution in [0.5, 0.6) is 0 Å². The zero-order valence-corrected chi connectivity index (χ0v) is 12.9. The van der Waals surface area contributed by atoms with Crippen LogP contribution in [-0.2, 0) is 15.2 Å². The largest absolute Gasteiger partial charge is 0.418 e. The van der Waals surface area contributed by atoms with E-state index < -0.39 is 0 Å². The first-order valence-electron chi connectivity index (χ1n) is 6.93. The van der Waals surface area contributed by atoms with Crippen LogP contribution < -0.4 is 0 Å². The van der Waals surface area contributed by atoms with Crippen molar-refractivity contribution in [3.05, 3.63) is 35.4 Å². The molecule has 18 heavy (non-hydrogen) atoms. The Bertz CT molecular complexity index is 414. The van der Waals surface area contributed by atoms with Crippen LogP contribution in [0.3, 0.4) is 0 Å². The molecule has 2 unspecified atom stereocenters. The van der Waals surface area contributed by atoms with Gasteiger partial charge in [-0.2, -0.15) is 0 Å². The number of benzene rings is 1. The van der Waals surface area contributed by atoms with Crippen LogP contribution in [0.25, 0.3) is 0 Å². The van der Waals surface area contributed by atoms with Gasteiger partial charge in [-0.05, 0) is 23.5 Å². The van der Waals surface area contributed by atoms with Gasteiger partial charge in [0.25, 0.3) is 0 Å². The van der Waals surface area contributed by atoms with E-state index in [1.807, 2.05) is 0 Å². The molecule has 2 rings (SSSR count). The SMILES string of the molecule is CC1[O+](C)C(C)C1(C)c1ccc(C(C)(C)C)cc1. The first kappa shape index (κ1) is 13.6. The third-order valence-electron chi connectivity index (χ3n) is 5.18. The minimum Gasteiger partial charge on any atom is -0.418 e. The second-order valence-corrected chi connectivity index (χ2v) is 7.00. The Morgan fingerprint density at radius 2 is 1.44 bits per heavy atom. The second kappa shape index (κ2) is 4.09. The van der Waals surface area contributed by atoms with Gasteiger partial charge >= 0.3 is 0 Å². The predicted octanol–water partition coefficient (Wildman–Crippen LogP) is 4.21. The molecule has 0 radical (unpaired) electrons. The lowest BCUT2D eigenvalue weighted by Gasteiger charge is -2.53. The molecule has 1 nitrogen and oxygen atoms in total. The molecule has 1 aromatic carbocycles. The smallest absolute Gasteiger partial charge is 0.170 e. The molecular formula is C17H27O+. The molecule has 1 heterocycles. The zero-order valence-electron chi connectivity index (χ0n) is 12.9. The summed E-state index contributed by atoms with van der Waals surface area (Å²) in [6, 6.07) is 9.23. The van der Waals surface area contributed by atoms with Crippen LogP contribution in [-0.4, -0.2) is 19.3 Å². The van der Waals surface area contributed by atoms with E-state index in [-0.39, 0.29) is 10.8 Å². The Morgan fingerprint density at radius 1 is 1.00 bits per heavy atom. The summed E-state index contributed by atoms with van der Waals surface area (Å²) >= 11 is 0. The van der Waals surface area contributed by atoms with Gasteiger partial charge in [0, 0.05) is 13.8 Å². The second-order valence-electron chi connectivity index (χ2n) is 7.00. The molecule has 1 aliphatic rings. The lowest BCUT2D eigenvalue weighted by Crippen LogP contribution is -2.64. The van der Waals surface area contributed by atoms with Crippen LogP contribution in [0.15, 0.2) is 24.3 Å². The third-order valence-corrected chi connectivity index (χ3v) is 5.18. The fourth-order valence-corrected chi connectivity index (χ4v) is 3.14. The molecule has 0 saturated carbocycles. The topological polar surface area (TPSA) is 2.70 Å². The van der Waals surface area contributed by atoms with E-state index in [0.717, 1.165) is 0 Å². The maximum atomic E-state index is 3.26. The molecule has 1 aliphatic heterocycles. The van der Waals surface area contributed by atoms with Crippen molar-refractivity contribution < 1.29 is 4.37 Å². The van der Waals surface area contributed by atoms with Crippen molar-refractivity contribution >= 4 is 0 Å². The third kappa shape index (κ3) is 1.80. The van der Waals surface area contributed by atoms with Gasteiger partial charge in [0.2, 0.25) is 0 Å². The molecule has 0 aliphatic carbocycles. The molecule has 1 fully saturated rings. The van der Waals surface area contributed by atoms with E-state index in [1.165, 1.54) is 11.1 Å². The molecule has 1 aromatic rings. The molecule has 0 spiro atoms. The van der Waals surface area contributed by atoms with Crippen molar-refractivity contribution in [2.75, 3.05) is 7.11 Å². The van der Waals surface area contributed by atoms with Gasteiger partial charge in [-0.15, -0.1) is 0 Å². The van der Waals surface area contributed by atoms with Gasteiger partial charge in [-0.25, -0.2) is 0 Å². The van der Waals surface area contributed by atoms with E-state index in [2.05, 4.69) is 77.3 Å². The van der Waals surface area contributed by atoms with E-state index in [1.54, 1.807) is 0 Å². The van der Waals surface area contributed by atoms with Crippen LogP contribution >= 0.6 is 0 Å². The summed E-state index contributed by atoms with van der Waals surface area (Å²) in [6.07, 6.45) is 1.07. The Balaban J connectivity index is 2.31. The molecule has 2 atom stereocenters. The Hall–Kier alpha value is -0.820. The zero-order chi connectivity index (χ0) is 13.7. The van der Waals surface area contributed by atoms with Gasteiger partial charge in [0.15, 0.2) is 12.2 Å². The highest BCUT2D eigenvalue weighted by Crippen LogP contribution is 2.48. The first-order chi connectivity index (χ1) is 8.19. The Labute approximate surface area is 112 Å². The summed E-state index contributed by atoms with van der Waals surface area (Å²) < 4.78 is 3.26. The van der Waals surface area contributed by atoms with Crippen LogP contribution in [0.4, 0.5) is 0 Å². The molecular weight excluding hydrogens is 220 g/mol. The van der Waals surface area contributed by atoms with Gasteiger partial charge < -0.3 is 4.37 Å². The summed E-state index contributed by atoms with van der Waals surface area (Å²) in [7, 11) is 2.14. The minimum atomic E-state index is 0.238. The van der Waals surface area contributed by atoms with Gasteiger partial charge in [-0.1, -0.05) is 45.0 Å². The van der Waals surface area contributed by atoms with Gasteiger partial charge in [0.05, 0.1) is 0 Å². The normalized spacial score (nSPS) is 33.3. The summed E-state index contributed by atoms with van der Waals surface area (Å²) in [5.41, 5.74) is 3.37. The highest BCUT2D eigenvalue weighted by Gasteiger charge is 2.60. The predicted molar refractivity (Wildman–Crippen MR) is 78.4 cm³/mol. The van der Waals surface area contributed by atoms with Gasteiger partial charge in [-0.3, -0.25) is 0 Å². The molecule has 0 aromatic heterocycles. The van der Waals surface area contributed by atoms with E-state index in [0.29, 0.717) is 12.2 Å². The van der Waals surface area contributed by atoms with Crippen molar-refractivity contribution in [2.24, 2.45) is 0 Å². The van der Waals surface area contributed by atoms with Crippen molar-refractivity contribution in [3.8, 4) is 0 Å². The average molecular weight is 247 g/mol. The van der Waals surface area contributed by atoms with Crippen LogP contribution in [0.1, 0.15) is 52.7 Å². The maximum absolute atomic E-state index is 3.26. The number of hydrogen-bond acceptors (Lipinski definition) is 0. The lowest BCUT2D eigenvalue weighted by molar-refractivity contribution is -0.331. The quantitative estimate of drug-likeness (QED) is 0.654. The lowest BCUT2D eigenvalue weighted by atomic mass is 9.68. The summed E-state index contributed by atoms with van der Waals surface area (Å²) in [5.74, 6) is 0. The molecule has 1 saturated heterocycles. The van der Waals surface area contributed by atoms with Crippen molar-refractivity contribution in [2.45, 2.75) is 64.6 Å². The van der Waals surface area contributed by atoms with Crippen LogP contribution in [0, 0.1) is 0 Å². The number of hydrogen-bond donors (Lipinski definition) is 0. The van der Waals surface area contributed by atoms with E-state index >= 15 is 0 Å². The van der Waals surface area contributed by atoms with E-state index in [4.69, 9.17) is 0 Å². The molecule has 1 heteroatoms. The molecule has 0 N–H and O–H groups in total. The highest BCUT2D eigenvalue weighted by molar-refractivity contribution is 5.35. The fraction of sp³-hybridized carbons (Fsp3) is 0.647. The van der Waals surface area contributed by atoms with Crippen molar-refractivity contribution in [1.29, 1.82) is 0 Å². The average Bonchev–Trinajstić information content (AvgIpc) is 2.35. The van der Waals surface area contributed by atoms with Crippen LogP contribution in [0.2, 0.25) is 0 Å². The molecule has 0 amide bonds. The summed E-state index contributed by atoms with van der Waals surface area (Å²) in [5, 5.41) is 0. The minimum absolute atomic E-state index is 0.238. The number of rotatable bonds is 1. The summed E-state index contributed by atoms with van der Waals surface area (Å²) in [4.78, 5) is 0. The highest BCUT2D eigenvalue weighted by atomic mass is 16.7. The maximum Gasteiger partial charge on any atom is 0.170 e. The standard InChI is InChI=1S/C17H27O/c1-12-17(6,13(2)18(12)7)15-10-8-14(9-11-15)16(3,4)5/h8-13H,1-7H3/q+1. The monoisotopic (exact) mass is 247 g/mol. The van der Waals surface area contributed by atoms with E-state index in [9.17, 15) is 0 Å². The summed E-state index contributed by atoms with van der Waals surface area (Å²) in [6.45, 7) is 13.8. The fourth-order valence-electron chi connectivity index (χ4n) is 3.14. The van der Waals surface area contributed by atoms with Crippen molar-refractivity contribution in [3.63, 3.8) is 0 Å². The van der Waals surface area contributed by atoms with Crippen molar-refractivity contribution in [1.82, 2.24) is 0 Å². The molecule has 0 bridgehead atoms. The van der Waals surface area contributed by atoms with Gasteiger partial charge in [0.1, 0.15) is 12.5 Å². The Kier molecular flexibility index (Phi) is 3.09. The first-order valence-corrected chi connectivity index (χ1v) is 6.93. The molecule has 100 valence electrons. The Morgan fingerprint density at radius 3 is 1.83 bits per heavy atom.